The Hall–Kier alpha value is -1.70. The summed E-state index contributed by atoms with van der Waals surface area (Å²) in [6, 6.07) is 7.98. The number of rotatable bonds is 9. The Labute approximate surface area is 163 Å². The number of anilines is 2. The van der Waals surface area contributed by atoms with Gasteiger partial charge in [-0.2, -0.15) is 5.10 Å². The number of hydrazone groups is 1. The van der Waals surface area contributed by atoms with Crippen LogP contribution in [0.4, 0.5) is 11.6 Å². The largest absolute Gasteiger partial charge is 0.369 e. The summed E-state index contributed by atoms with van der Waals surface area (Å²) < 4.78 is 1.39. The third kappa shape index (κ3) is 5.95. The molecule has 0 aliphatic heterocycles. The van der Waals surface area contributed by atoms with E-state index in [1.165, 1.54) is 4.68 Å². The lowest BCUT2D eigenvalue weighted by Crippen LogP contribution is -2.27. The van der Waals surface area contributed by atoms with Crippen LogP contribution >= 0.6 is 35.6 Å². The molecule has 0 saturated carbocycles. The van der Waals surface area contributed by atoms with Crippen molar-refractivity contribution in [3.63, 3.8) is 0 Å². The second kappa shape index (κ2) is 11.0. The number of nitrogens with zero attached hydrogens (tertiary/aromatic N) is 5. The first-order valence-corrected chi connectivity index (χ1v) is 8.71. The number of aryl methyl sites for hydroxylation is 1. The van der Waals surface area contributed by atoms with Gasteiger partial charge in [-0.25, -0.2) is 10.1 Å². The van der Waals surface area contributed by atoms with E-state index in [-0.39, 0.29) is 12.4 Å². The first-order chi connectivity index (χ1) is 11.7. The van der Waals surface area contributed by atoms with Crippen LogP contribution in [0.15, 0.2) is 29.4 Å². The van der Waals surface area contributed by atoms with Gasteiger partial charge in [0.05, 0.1) is 6.21 Å². The molecule has 0 spiro atoms. The quantitative estimate of drug-likeness (QED) is 0.289. The number of alkyl halides is 2. The van der Waals surface area contributed by atoms with Crippen LogP contribution in [-0.2, 0) is 6.42 Å². The van der Waals surface area contributed by atoms with Crippen molar-refractivity contribution in [2.45, 2.75) is 13.3 Å². The number of nitrogens with two attached hydrogens (primary N) is 1. The van der Waals surface area contributed by atoms with Gasteiger partial charge in [0.1, 0.15) is 0 Å². The van der Waals surface area contributed by atoms with Crippen molar-refractivity contribution in [2.75, 3.05) is 41.0 Å². The first-order valence-electron chi connectivity index (χ1n) is 7.65. The maximum atomic E-state index is 5.83. The Morgan fingerprint density at radius 3 is 2.36 bits per heavy atom. The van der Waals surface area contributed by atoms with Gasteiger partial charge in [0.25, 0.3) is 5.95 Å². The van der Waals surface area contributed by atoms with E-state index in [1.807, 2.05) is 31.2 Å². The summed E-state index contributed by atoms with van der Waals surface area (Å²) in [5.74, 6) is 8.04. The Morgan fingerprint density at radius 1 is 1.20 bits per heavy atom. The molecule has 7 nitrogen and oxygen atoms in total. The topological polar surface area (TPSA) is 84.4 Å². The average molecular weight is 407 g/mol. The van der Waals surface area contributed by atoms with Gasteiger partial charge in [0.2, 0.25) is 0 Å². The van der Waals surface area contributed by atoms with Crippen LogP contribution in [0.25, 0.3) is 0 Å². The maximum Gasteiger partial charge on any atom is 0.263 e. The lowest BCUT2D eigenvalue weighted by Gasteiger charge is -2.22. The van der Waals surface area contributed by atoms with Gasteiger partial charge in [-0.3, -0.25) is 0 Å². The fourth-order valence-electron chi connectivity index (χ4n) is 2.15. The molecule has 0 aliphatic rings. The maximum absolute atomic E-state index is 5.83. The van der Waals surface area contributed by atoms with E-state index >= 15 is 0 Å². The molecule has 0 aliphatic carbocycles. The van der Waals surface area contributed by atoms with Crippen molar-refractivity contribution < 1.29 is 0 Å². The molecule has 3 N–H and O–H groups in total. The molecular weight excluding hydrogens is 385 g/mol. The highest BCUT2D eigenvalue weighted by Gasteiger charge is 2.06. The molecule has 0 atom stereocenters. The van der Waals surface area contributed by atoms with Gasteiger partial charge in [0.15, 0.2) is 5.82 Å². The predicted molar refractivity (Wildman–Crippen MR) is 108 cm³/mol. The molecule has 0 saturated heterocycles. The van der Waals surface area contributed by atoms with E-state index in [4.69, 9.17) is 29.0 Å². The predicted octanol–water partition coefficient (Wildman–Crippen LogP) is 2.71. The highest BCUT2D eigenvalue weighted by molar-refractivity contribution is 6.18. The fourth-order valence-corrected chi connectivity index (χ4v) is 2.56. The Bertz CT molecular complexity index is 652. The molecule has 2 rings (SSSR count). The van der Waals surface area contributed by atoms with Gasteiger partial charge in [-0.1, -0.05) is 19.1 Å². The summed E-state index contributed by atoms with van der Waals surface area (Å²) in [5, 5.41) is 12.0. The SMILES string of the molecule is CCc1nnc(N/N=C/c2ccc(N(CCCl)CCCl)cc2)n1N.Cl. The van der Waals surface area contributed by atoms with Crippen LogP contribution in [0.1, 0.15) is 18.3 Å². The number of aromatic nitrogens is 3. The van der Waals surface area contributed by atoms with Crippen molar-refractivity contribution in [3.8, 4) is 0 Å². The van der Waals surface area contributed by atoms with Crippen molar-refractivity contribution in [1.29, 1.82) is 0 Å². The van der Waals surface area contributed by atoms with Crippen molar-refractivity contribution in [2.24, 2.45) is 5.10 Å². The van der Waals surface area contributed by atoms with Crippen LogP contribution in [0.3, 0.4) is 0 Å². The molecule has 1 heterocycles. The smallest absolute Gasteiger partial charge is 0.263 e. The van der Waals surface area contributed by atoms with E-state index in [2.05, 4.69) is 25.6 Å². The molecule has 1 aromatic carbocycles. The number of nitrogen functional groups attached to an aromatic ring is 1. The Morgan fingerprint density at radius 2 is 1.84 bits per heavy atom. The van der Waals surface area contributed by atoms with E-state index in [1.54, 1.807) is 6.21 Å². The highest BCUT2D eigenvalue weighted by atomic mass is 35.5. The molecule has 0 bridgehead atoms. The second-order valence-electron chi connectivity index (χ2n) is 4.99. The first kappa shape index (κ1) is 21.3. The number of halogens is 3. The van der Waals surface area contributed by atoms with E-state index in [0.29, 0.717) is 30.0 Å². The summed E-state index contributed by atoms with van der Waals surface area (Å²) in [5.41, 5.74) is 4.81. The molecule has 0 fully saturated rings. The summed E-state index contributed by atoms with van der Waals surface area (Å²) in [6.07, 6.45) is 2.40. The zero-order chi connectivity index (χ0) is 17.4. The van der Waals surface area contributed by atoms with Gasteiger partial charge < -0.3 is 10.7 Å². The molecule has 0 amide bonds. The monoisotopic (exact) mass is 405 g/mol. The lowest BCUT2D eigenvalue weighted by atomic mass is 10.2. The van der Waals surface area contributed by atoms with Crippen molar-refractivity contribution in [1.82, 2.24) is 14.9 Å². The van der Waals surface area contributed by atoms with Crippen LogP contribution in [0.5, 0.6) is 0 Å². The Balaban J connectivity index is 0.00000312. The minimum absolute atomic E-state index is 0. The van der Waals surface area contributed by atoms with Gasteiger partial charge in [-0.15, -0.1) is 45.8 Å². The molecule has 25 heavy (non-hydrogen) atoms. The minimum atomic E-state index is 0. The third-order valence-corrected chi connectivity index (χ3v) is 3.77. The van der Waals surface area contributed by atoms with Crippen LogP contribution in [-0.4, -0.2) is 45.9 Å². The molecular formula is C15H22Cl3N7. The molecule has 10 heteroatoms. The number of benzene rings is 1. The number of nitrogens with one attached hydrogen (secondary N) is 1. The second-order valence-corrected chi connectivity index (χ2v) is 5.75. The minimum Gasteiger partial charge on any atom is -0.369 e. The van der Waals surface area contributed by atoms with Crippen molar-refractivity contribution >= 4 is 53.5 Å². The number of hydrogen-bond acceptors (Lipinski definition) is 6. The summed E-state index contributed by atoms with van der Waals surface area (Å²) in [4.78, 5) is 2.14. The van der Waals surface area contributed by atoms with Crippen LogP contribution < -0.4 is 16.2 Å². The van der Waals surface area contributed by atoms with Gasteiger partial charge in [-0.05, 0) is 17.7 Å². The average Bonchev–Trinajstić information content (AvgIpc) is 2.95. The van der Waals surface area contributed by atoms with Gasteiger partial charge >= 0.3 is 0 Å². The molecule has 1 aromatic heterocycles. The van der Waals surface area contributed by atoms with Crippen LogP contribution in [0.2, 0.25) is 0 Å². The highest BCUT2D eigenvalue weighted by Crippen LogP contribution is 2.15. The van der Waals surface area contributed by atoms with Gasteiger partial charge in [0, 0.05) is 37.0 Å². The zero-order valence-corrected chi connectivity index (χ0v) is 16.2. The lowest BCUT2D eigenvalue weighted by molar-refractivity contribution is 0.855. The van der Waals surface area contributed by atoms with Crippen molar-refractivity contribution in [3.05, 3.63) is 35.7 Å². The summed E-state index contributed by atoms with van der Waals surface area (Å²) in [7, 11) is 0. The molecule has 2 aromatic rings. The van der Waals surface area contributed by atoms with E-state index in [9.17, 15) is 0 Å². The van der Waals surface area contributed by atoms with Crippen LogP contribution in [0, 0.1) is 0 Å². The Kier molecular flexibility index (Phi) is 9.41. The standard InChI is InChI=1S/C15H21Cl2N7.ClH/c1-2-14-20-22-15(24(14)18)21-19-11-12-3-5-13(6-4-12)23(9-7-16)10-8-17;/h3-6,11H,2,7-10,18H2,1H3,(H,21,22);1H/b19-11+;. The van der Waals surface area contributed by atoms with E-state index < -0.39 is 0 Å². The van der Waals surface area contributed by atoms with E-state index in [0.717, 1.165) is 24.3 Å². The molecule has 0 unspecified atom stereocenters. The summed E-state index contributed by atoms with van der Waals surface area (Å²) >= 11 is 11.7. The normalized spacial score (nSPS) is 10.7. The fraction of sp³-hybridized carbons (Fsp3) is 0.400. The molecule has 138 valence electrons. The molecule has 0 radical (unpaired) electrons. The summed E-state index contributed by atoms with van der Waals surface area (Å²) in [6.45, 7) is 3.48. The third-order valence-electron chi connectivity index (χ3n) is 3.43. The zero-order valence-electron chi connectivity index (χ0n) is 13.9. The number of hydrogen-bond donors (Lipinski definition) is 2.